The molecule has 2 aromatic rings. The number of nitro benzene ring substituents is 1. The summed E-state index contributed by atoms with van der Waals surface area (Å²) in [7, 11) is -2.81. The molecule has 0 unspecified atom stereocenters. The summed E-state index contributed by atoms with van der Waals surface area (Å²) in [4.78, 5) is 21.9. The van der Waals surface area contributed by atoms with Gasteiger partial charge in [0.1, 0.15) is 11.6 Å². The molecule has 0 bridgehead atoms. The standard InChI is InChI=1S/C16H16FN3O6S/c1-19(27(25,26)14-5-2-12(17)3-6-14)10-16(22)18-9-11-8-13(20(23)24)4-7-15(11)21/h2-8,21H,9-10H2,1H3,(H,18,22). The van der Waals surface area contributed by atoms with Crippen LogP contribution >= 0.6 is 0 Å². The number of carbonyl (C=O) groups excluding carboxylic acids is 1. The van der Waals surface area contributed by atoms with Crippen LogP contribution in [0.25, 0.3) is 0 Å². The average Bonchev–Trinajstić information content (AvgIpc) is 2.61. The number of rotatable bonds is 7. The first-order valence-corrected chi connectivity index (χ1v) is 9.00. The van der Waals surface area contributed by atoms with E-state index in [4.69, 9.17) is 0 Å². The summed E-state index contributed by atoms with van der Waals surface area (Å²) in [5.74, 6) is -1.52. The van der Waals surface area contributed by atoms with Gasteiger partial charge in [-0.15, -0.1) is 0 Å². The largest absolute Gasteiger partial charge is 0.508 e. The fourth-order valence-corrected chi connectivity index (χ4v) is 3.28. The van der Waals surface area contributed by atoms with Crippen molar-refractivity contribution in [2.75, 3.05) is 13.6 Å². The van der Waals surface area contributed by atoms with Gasteiger partial charge >= 0.3 is 0 Å². The van der Waals surface area contributed by atoms with Crippen molar-refractivity contribution in [3.8, 4) is 5.75 Å². The molecule has 2 N–H and O–H groups in total. The Morgan fingerprint density at radius 1 is 1.26 bits per heavy atom. The van der Waals surface area contributed by atoms with Crippen molar-refractivity contribution in [1.29, 1.82) is 0 Å². The Hall–Kier alpha value is -3.05. The molecule has 11 heteroatoms. The van der Waals surface area contributed by atoms with E-state index < -0.39 is 33.2 Å². The minimum absolute atomic E-state index is 0.113. The highest BCUT2D eigenvalue weighted by Gasteiger charge is 2.23. The number of halogens is 1. The summed E-state index contributed by atoms with van der Waals surface area (Å²) >= 11 is 0. The maximum atomic E-state index is 12.9. The fourth-order valence-electron chi connectivity index (χ4n) is 2.15. The van der Waals surface area contributed by atoms with E-state index >= 15 is 0 Å². The van der Waals surface area contributed by atoms with Crippen LogP contribution in [-0.2, 0) is 21.4 Å². The predicted molar refractivity (Wildman–Crippen MR) is 92.8 cm³/mol. The van der Waals surface area contributed by atoms with Crippen LogP contribution in [0.3, 0.4) is 0 Å². The fraction of sp³-hybridized carbons (Fsp3) is 0.188. The van der Waals surface area contributed by atoms with E-state index in [1.54, 1.807) is 0 Å². The zero-order valence-electron chi connectivity index (χ0n) is 14.1. The number of phenolic OH excluding ortho intramolecular Hbond substituents is 1. The van der Waals surface area contributed by atoms with Crippen LogP contribution in [0.15, 0.2) is 47.4 Å². The highest BCUT2D eigenvalue weighted by molar-refractivity contribution is 7.89. The number of sulfonamides is 1. The van der Waals surface area contributed by atoms with Crippen LogP contribution in [0.5, 0.6) is 5.75 Å². The van der Waals surface area contributed by atoms with Crippen LogP contribution in [-0.4, -0.2) is 42.3 Å². The van der Waals surface area contributed by atoms with Gasteiger partial charge in [-0.2, -0.15) is 4.31 Å². The zero-order valence-corrected chi connectivity index (χ0v) is 14.9. The van der Waals surface area contributed by atoms with E-state index in [-0.39, 0.29) is 28.4 Å². The van der Waals surface area contributed by atoms with Crippen molar-refractivity contribution in [2.45, 2.75) is 11.4 Å². The maximum Gasteiger partial charge on any atom is 0.270 e. The number of phenols is 1. The molecule has 0 aliphatic carbocycles. The second-order valence-electron chi connectivity index (χ2n) is 5.56. The second kappa shape index (κ2) is 8.10. The van der Waals surface area contributed by atoms with Crippen molar-refractivity contribution < 1.29 is 27.6 Å². The lowest BCUT2D eigenvalue weighted by Gasteiger charge is -2.17. The molecule has 0 aromatic heterocycles. The molecule has 9 nitrogen and oxygen atoms in total. The van der Waals surface area contributed by atoms with E-state index in [1.165, 1.54) is 7.05 Å². The van der Waals surface area contributed by atoms with Gasteiger partial charge in [0.2, 0.25) is 15.9 Å². The van der Waals surface area contributed by atoms with Gasteiger partial charge in [0.25, 0.3) is 5.69 Å². The Bertz CT molecular complexity index is 963. The molecule has 0 saturated heterocycles. The number of hydrogen-bond donors (Lipinski definition) is 2. The number of aromatic hydroxyl groups is 1. The van der Waals surface area contributed by atoms with Crippen LogP contribution < -0.4 is 5.32 Å². The molecular formula is C16H16FN3O6S. The van der Waals surface area contributed by atoms with E-state index in [0.29, 0.717) is 0 Å². The highest BCUT2D eigenvalue weighted by atomic mass is 32.2. The molecule has 2 rings (SSSR count). The molecule has 0 saturated carbocycles. The number of nitrogens with one attached hydrogen (secondary N) is 1. The first-order chi connectivity index (χ1) is 12.6. The number of benzene rings is 2. The third-order valence-electron chi connectivity index (χ3n) is 3.64. The first-order valence-electron chi connectivity index (χ1n) is 7.56. The maximum absolute atomic E-state index is 12.9. The third kappa shape index (κ3) is 4.99. The normalized spacial score (nSPS) is 11.4. The summed E-state index contributed by atoms with van der Waals surface area (Å²) in [6.45, 7) is -0.758. The minimum Gasteiger partial charge on any atom is -0.508 e. The molecule has 0 aliphatic heterocycles. The number of nitrogens with zero attached hydrogens (tertiary/aromatic N) is 2. The number of non-ortho nitro benzene ring substituents is 1. The van der Waals surface area contributed by atoms with Crippen LogP contribution in [0.1, 0.15) is 5.56 Å². The molecule has 0 aliphatic rings. The lowest BCUT2D eigenvalue weighted by molar-refractivity contribution is -0.384. The first kappa shape index (κ1) is 20.3. The lowest BCUT2D eigenvalue weighted by Crippen LogP contribution is -2.38. The van der Waals surface area contributed by atoms with Crippen molar-refractivity contribution >= 4 is 21.6 Å². The monoisotopic (exact) mass is 397 g/mol. The molecule has 2 aromatic carbocycles. The zero-order chi connectivity index (χ0) is 20.2. The molecular weight excluding hydrogens is 381 g/mol. The SMILES string of the molecule is CN(CC(=O)NCc1cc([N+](=O)[O-])ccc1O)S(=O)(=O)c1ccc(F)cc1. The van der Waals surface area contributed by atoms with Gasteiger partial charge in [-0.05, 0) is 30.3 Å². The quantitative estimate of drug-likeness (QED) is 0.536. The van der Waals surface area contributed by atoms with Crippen molar-refractivity contribution in [1.82, 2.24) is 9.62 Å². The number of nitro groups is 1. The number of hydrogen-bond acceptors (Lipinski definition) is 6. The Labute approximate surface area is 154 Å². The van der Waals surface area contributed by atoms with E-state index in [2.05, 4.69) is 5.32 Å². The van der Waals surface area contributed by atoms with Gasteiger partial charge in [0, 0.05) is 31.3 Å². The Kier molecular flexibility index (Phi) is 6.08. The van der Waals surface area contributed by atoms with Gasteiger partial charge in [0.15, 0.2) is 0 Å². The molecule has 0 radical (unpaired) electrons. The van der Waals surface area contributed by atoms with Crippen molar-refractivity contribution in [3.63, 3.8) is 0 Å². The van der Waals surface area contributed by atoms with Crippen LogP contribution in [0.2, 0.25) is 0 Å². The second-order valence-corrected chi connectivity index (χ2v) is 7.61. The van der Waals surface area contributed by atoms with Gasteiger partial charge < -0.3 is 10.4 Å². The third-order valence-corrected chi connectivity index (χ3v) is 5.46. The molecule has 0 atom stereocenters. The van der Waals surface area contributed by atoms with E-state index in [9.17, 15) is 32.8 Å². The number of carbonyl (C=O) groups is 1. The topological polar surface area (TPSA) is 130 Å². The van der Waals surface area contributed by atoms with Gasteiger partial charge in [0.05, 0.1) is 16.4 Å². The molecule has 144 valence electrons. The molecule has 0 fully saturated rings. The molecule has 0 heterocycles. The van der Waals surface area contributed by atoms with Gasteiger partial charge in [-0.1, -0.05) is 0 Å². The summed E-state index contributed by atoms with van der Waals surface area (Å²) in [6.07, 6.45) is 0. The van der Waals surface area contributed by atoms with E-state index in [1.807, 2.05) is 0 Å². The average molecular weight is 397 g/mol. The highest BCUT2D eigenvalue weighted by Crippen LogP contribution is 2.22. The smallest absolute Gasteiger partial charge is 0.270 e. The van der Waals surface area contributed by atoms with Gasteiger partial charge in [-0.3, -0.25) is 14.9 Å². The molecule has 27 heavy (non-hydrogen) atoms. The number of likely N-dealkylation sites (N-methyl/N-ethyl adjacent to an activating group) is 1. The van der Waals surface area contributed by atoms with Crippen LogP contribution in [0.4, 0.5) is 10.1 Å². The lowest BCUT2D eigenvalue weighted by atomic mass is 10.2. The van der Waals surface area contributed by atoms with Crippen molar-refractivity contribution in [3.05, 3.63) is 64.0 Å². The minimum atomic E-state index is -3.99. The molecule has 1 amide bonds. The summed E-state index contributed by atoms with van der Waals surface area (Å²) < 4.78 is 38.4. The summed E-state index contributed by atoms with van der Waals surface area (Å²) in [5, 5.41) is 22.8. The molecule has 0 spiro atoms. The Morgan fingerprint density at radius 2 is 1.89 bits per heavy atom. The van der Waals surface area contributed by atoms with Crippen LogP contribution in [0, 0.1) is 15.9 Å². The number of amides is 1. The summed E-state index contributed by atoms with van der Waals surface area (Å²) in [6, 6.07) is 7.50. The van der Waals surface area contributed by atoms with Crippen molar-refractivity contribution in [2.24, 2.45) is 0 Å². The van der Waals surface area contributed by atoms with Gasteiger partial charge in [-0.25, -0.2) is 12.8 Å². The summed E-state index contributed by atoms with van der Waals surface area (Å²) in [5.41, 5.74) is -0.144. The van der Waals surface area contributed by atoms with E-state index in [0.717, 1.165) is 46.8 Å². The Balaban J connectivity index is 2.02. The predicted octanol–water partition coefficient (Wildman–Crippen LogP) is 1.38. The Morgan fingerprint density at radius 3 is 2.48 bits per heavy atom.